The first kappa shape index (κ1) is 22.6. The Morgan fingerprint density at radius 2 is 1.87 bits per heavy atom. The van der Waals surface area contributed by atoms with Crippen LogP contribution in [0.2, 0.25) is 0 Å². The molecule has 0 bridgehead atoms. The fourth-order valence-corrected chi connectivity index (χ4v) is 5.41. The number of amides is 1. The van der Waals surface area contributed by atoms with Crippen LogP contribution < -0.4 is 0 Å². The lowest BCUT2D eigenvalue weighted by molar-refractivity contribution is 0.0303. The van der Waals surface area contributed by atoms with Crippen LogP contribution in [0.5, 0.6) is 5.75 Å². The minimum atomic E-state index is 0.0580. The van der Waals surface area contributed by atoms with Gasteiger partial charge in [0.1, 0.15) is 5.75 Å². The maximum Gasteiger partial charge on any atom is 0.256 e. The third kappa shape index (κ3) is 4.50. The van der Waals surface area contributed by atoms with E-state index in [1.54, 1.807) is 0 Å². The van der Waals surface area contributed by atoms with Crippen LogP contribution in [0.1, 0.15) is 60.6 Å². The Morgan fingerprint density at radius 1 is 1.16 bits per heavy atom. The van der Waals surface area contributed by atoms with Crippen LogP contribution in [0.25, 0.3) is 10.9 Å². The molecule has 31 heavy (non-hydrogen) atoms. The van der Waals surface area contributed by atoms with Gasteiger partial charge in [0.2, 0.25) is 0 Å². The molecule has 6 nitrogen and oxygen atoms in total. The molecule has 1 aromatic heterocycles. The highest BCUT2D eigenvalue weighted by Gasteiger charge is 2.29. The van der Waals surface area contributed by atoms with Crippen molar-refractivity contribution < 1.29 is 14.6 Å². The van der Waals surface area contributed by atoms with E-state index in [1.807, 2.05) is 11.0 Å². The van der Waals surface area contributed by atoms with Crippen molar-refractivity contribution in [2.24, 2.45) is 0 Å². The maximum atomic E-state index is 13.7. The number of aromatic nitrogens is 1. The number of ether oxygens (including phenoxy) is 1. The normalized spacial score (nSPS) is 18.1. The highest BCUT2D eigenvalue weighted by atomic mass is 79.9. The number of aryl methyl sites for hydroxylation is 1. The predicted octanol–water partition coefficient (Wildman–Crippen LogP) is 4.68. The molecule has 170 valence electrons. The summed E-state index contributed by atoms with van der Waals surface area (Å²) in [4.78, 5) is 18.0. The molecule has 3 heterocycles. The van der Waals surface area contributed by atoms with Crippen LogP contribution in [0.4, 0.5) is 0 Å². The van der Waals surface area contributed by atoms with Gasteiger partial charge >= 0.3 is 0 Å². The minimum absolute atomic E-state index is 0.0580. The molecule has 0 spiro atoms. The standard InChI is InChI=1S/C24H34BrN3O3/c1-3-4-10-28-17(2)21(24(30)27-11-13-31-14-12-27)22-18(16-26-8-6-5-7-9-26)23(29)19(25)15-20(22)28/h15,29H,3-14,16H2,1-2H3. The molecule has 0 saturated carbocycles. The van der Waals surface area contributed by atoms with Crippen molar-refractivity contribution in [2.45, 2.75) is 59.0 Å². The average molecular weight is 492 g/mol. The van der Waals surface area contributed by atoms with Gasteiger partial charge in [0, 0.05) is 42.8 Å². The van der Waals surface area contributed by atoms with Crippen molar-refractivity contribution in [1.29, 1.82) is 0 Å². The second-order valence-corrected chi connectivity index (χ2v) is 9.64. The highest BCUT2D eigenvalue weighted by Crippen LogP contribution is 2.40. The zero-order valence-corrected chi connectivity index (χ0v) is 20.3. The van der Waals surface area contributed by atoms with Crippen LogP contribution in [0, 0.1) is 6.92 Å². The number of rotatable bonds is 6. The molecule has 2 aliphatic rings. The van der Waals surface area contributed by atoms with Crippen molar-refractivity contribution >= 4 is 32.7 Å². The lowest BCUT2D eigenvalue weighted by atomic mass is 10.0. The van der Waals surface area contributed by atoms with Crippen molar-refractivity contribution in [3.63, 3.8) is 0 Å². The largest absolute Gasteiger partial charge is 0.506 e. The number of halogens is 1. The van der Waals surface area contributed by atoms with Gasteiger partial charge in [-0.1, -0.05) is 19.8 Å². The number of carbonyl (C=O) groups is 1. The summed E-state index contributed by atoms with van der Waals surface area (Å²) in [6.07, 6.45) is 5.78. The topological polar surface area (TPSA) is 57.9 Å². The van der Waals surface area contributed by atoms with Crippen molar-refractivity contribution in [1.82, 2.24) is 14.4 Å². The Balaban J connectivity index is 1.87. The van der Waals surface area contributed by atoms with E-state index in [2.05, 4.69) is 39.2 Å². The van der Waals surface area contributed by atoms with E-state index in [1.165, 1.54) is 19.3 Å². The number of phenols is 1. The van der Waals surface area contributed by atoms with Gasteiger partial charge in [0.25, 0.3) is 5.91 Å². The number of hydrogen-bond donors (Lipinski definition) is 1. The number of piperidine rings is 1. The summed E-state index contributed by atoms with van der Waals surface area (Å²) in [5.41, 5.74) is 3.67. The lowest BCUT2D eigenvalue weighted by Crippen LogP contribution is -2.41. The molecule has 7 heteroatoms. The molecule has 4 rings (SSSR count). The first-order chi connectivity index (χ1) is 15.0. The molecule has 1 aromatic carbocycles. The molecular formula is C24H34BrN3O3. The van der Waals surface area contributed by atoms with Gasteiger partial charge in [0.15, 0.2) is 0 Å². The molecule has 2 fully saturated rings. The molecule has 0 aliphatic carbocycles. The fraction of sp³-hybridized carbons (Fsp3) is 0.625. The zero-order chi connectivity index (χ0) is 22.0. The molecule has 1 N–H and O–H groups in total. The summed E-state index contributed by atoms with van der Waals surface area (Å²) in [5.74, 6) is 0.324. The van der Waals surface area contributed by atoms with Crippen molar-refractivity contribution in [3.8, 4) is 5.75 Å². The van der Waals surface area contributed by atoms with Gasteiger partial charge in [-0.2, -0.15) is 0 Å². The van der Waals surface area contributed by atoms with Gasteiger partial charge in [-0.15, -0.1) is 0 Å². The summed E-state index contributed by atoms with van der Waals surface area (Å²) < 4.78 is 8.44. The number of benzene rings is 1. The summed E-state index contributed by atoms with van der Waals surface area (Å²) in [5, 5.41) is 12.0. The predicted molar refractivity (Wildman–Crippen MR) is 127 cm³/mol. The number of unbranched alkanes of at least 4 members (excludes halogenated alkanes) is 1. The Bertz CT molecular complexity index is 944. The Morgan fingerprint density at radius 3 is 2.55 bits per heavy atom. The summed E-state index contributed by atoms with van der Waals surface area (Å²) >= 11 is 3.59. The van der Waals surface area contributed by atoms with Crippen LogP contribution in [0.3, 0.4) is 0 Å². The van der Waals surface area contributed by atoms with Crippen LogP contribution in [-0.2, 0) is 17.8 Å². The van der Waals surface area contributed by atoms with E-state index in [4.69, 9.17) is 4.74 Å². The second-order valence-electron chi connectivity index (χ2n) is 8.79. The summed E-state index contributed by atoms with van der Waals surface area (Å²) in [7, 11) is 0. The van der Waals surface area contributed by atoms with Gasteiger partial charge in [-0.3, -0.25) is 9.69 Å². The smallest absolute Gasteiger partial charge is 0.256 e. The highest BCUT2D eigenvalue weighted by molar-refractivity contribution is 9.10. The molecule has 0 radical (unpaired) electrons. The van der Waals surface area contributed by atoms with Gasteiger partial charge in [-0.05, 0) is 61.3 Å². The minimum Gasteiger partial charge on any atom is -0.506 e. The van der Waals surface area contributed by atoms with Crippen molar-refractivity contribution in [2.75, 3.05) is 39.4 Å². The number of carbonyl (C=O) groups excluding carboxylic acids is 1. The molecule has 1 amide bonds. The van der Waals surface area contributed by atoms with E-state index in [0.717, 1.165) is 60.2 Å². The van der Waals surface area contributed by atoms with Gasteiger partial charge in [-0.25, -0.2) is 0 Å². The SMILES string of the molecule is CCCCn1c(C)c(C(=O)N2CCOCC2)c2c(CN3CCCCC3)c(O)c(Br)cc21. The maximum absolute atomic E-state index is 13.7. The number of hydrogen-bond acceptors (Lipinski definition) is 4. The van der Waals surface area contributed by atoms with Gasteiger partial charge in [0.05, 0.1) is 28.8 Å². The quantitative estimate of drug-likeness (QED) is 0.637. The molecule has 0 atom stereocenters. The number of phenolic OH excluding ortho intramolecular Hbond substituents is 1. The molecule has 2 aromatic rings. The molecule has 0 unspecified atom stereocenters. The zero-order valence-electron chi connectivity index (χ0n) is 18.8. The molecular weight excluding hydrogens is 458 g/mol. The Kier molecular flexibility index (Phi) is 7.24. The van der Waals surface area contributed by atoms with Crippen molar-refractivity contribution in [3.05, 3.63) is 27.4 Å². The van der Waals surface area contributed by atoms with E-state index in [9.17, 15) is 9.90 Å². The number of likely N-dealkylation sites (tertiary alicyclic amines) is 1. The Labute approximate surface area is 193 Å². The average Bonchev–Trinajstić information content (AvgIpc) is 3.07. The van der Waals surface area contributed by atoms with Crippen LogP contribution >= 0.6 is 15.9 Å². The molecule has 2 aliphatic heterocycles. The monoisotopic (exact) mass is 491 g/mol. The van der Waals surface area contributed by atoms with E-state index in [-0.39, 0.29) is 11.7 Å². The first-order valence-electron chi connectivity index (χ1n) is 11.7. The molecule has 2 saturated heterocycles. The number of fused-ring (bicyclic) bond motifs is 1. The van der Waals surface area contributed by atoms with E-state index in [0.29, 0.717) is 37.3 Å². The van der Waals surface area contributed by atoms with Crippen LogP contribution in [0.15, 0.2) is 10.5 Å². The summed E-state index contributed by atoms with van der Waals surface area (Å²) in [6.45, 7) is 10.2. The number of aromatic hydroxyl groups is 1. The first-order valence-corrected chi connectivity index (χ1v) is 12.4. The number of nitrogens with zero attached hydrogens (tertiary/aromatic N) is 3. The third-order valence-corrected chi connectivity index (χ3v) is 7.32. The van der Waals surface area contributed by atoms with E-state index < -0.39 is 0 Å². The third-order valence-electron chi connectivity index (χ3n) is 6.72. The Hall–Kier alpha value is -1.57. The fourth-order valence-electron chi connectivity index (χ4n) is 4.95. The summed E-state index contributed by atoms with van der Waals surface area (Å²) in [6, 6.07) is 1.99. The van der Waals surface area contributed by atoms with Crippen LogP contribution in [-0.4, -0.2) is 64.8 Å². The van der Waals surface area contributed by atoms with Gasteiger partial charge < -0.3 is 19.3 Å². The van der Waals surface area contributed by atoms with E-state index >= 15 is 0 Å². The lowest BCUT2D eigenvalue weighted by Gasteiger charge is -2.28. The number of morpholine rings is 1. The second kappa shape index (κ2) is 9.92.